The fraction of sp³-hybridized carbons (Fsp3) is 0.222. The maximum Gasteiger partial charge on any atom is 0.292 e. The third-order valence-corrected chi connectivity index (χ3v) is 2.28. The van der Waals surface area contributed by atoms with Gasteiger partial charge in [0.15, 0.2) is 5.82 Å². The van der Waals surface area contributed by atoms with Gasteiger partial charge in [0, 0.05) is 12.1 Å². The molecule has 0 aliphatic rings. The molecule has 0 radical (unpaired) electrons. The topological polar surface area (TPSA) is 110 Å². The minimum Gasteiger partial charge on any atom is -0.370 e. The summed E-state index contributed by atoms with van der Waals surface area (Å²) in [6.45, 7) is 1.68. The molecule has 2 rings (SSSR count). The number of nitro groups is 1. The molecule has 9 heteroatoms. The lowest BCUT2D eigenvalue weighted by Crippen LogP contribution is -2.10. The molecule has 0 saturated heterocycles. The number of tetrazole rings is 1. The number of halogens is 1. The van der Waals surface area contributed by atoms with Crippen molar-refractivity contribution in [2.75, 3.05) is 5.32 Å². The van der Waals surface area contributed by atoms with Gasteiger partial charge < -0.3 is 5.32 Å². The van der Waals surface area contributed by atoms with Crippen molar-refractivity contribution in [1.29, 1.82) is 0 Å². The number of benzene rings is 1. The maximum atomic E-state index is 13.1. The van der Waals surface area contributed by atoms with Crippen LogP contribution in [0.2, 0.25) is 0 Å². The molecule has 0 spiro atoms. The zero-order chi connectivity index (χ0) is 13.1. The van der Waals surface area contributed by atoms with Crippen LogP contribution in [-0.2, 0) is 0 Å². The number of hydrogen-bond donors (Lipinski definition) is 2. The maximum absolute atomic E-state index is 13.1. The predicted octanol–water partition coefficient (Wildman–Crippen LogP) is 1.42. The normalized spacial score (nSPS) is 12.1. The standard InChI is InChI=1S/C9H9FN6O2/c1-5(9-12-14-15-13-9)11-7-4-6(10)2-3-8(7)16(17)18/h2-5,11H,1H3,(H,12,13,14,15). The SMILES string of the molecule is CC(Nc1cc(F)ccc1[N+](=O)[O-])c1nn[nH]n1. The lowest BCUT2D eigenvalue weighted by molar-refractivity contribution is -0.384. The quantitative estimate of drug-likeness (QED) is 0.629. The van der Waals surface area contributed by atoms with E-state index in [1.807, 2.05) is 0 Å². The van der Waals surface area contributed by atoms with Gasteiger partial charge in [-0.2, -0.15) is 5.21 Å². The zero-order valence-corrected chi connectivity index (χ0v) is 9.29. The first-order valence-corrected chi connectivity index (χ1v) is 5.01. The van der Waals surface area contributed by atoms with Gasteiger partial charge in [-0.1, -0.05) is 5.21 Å². The molecule has 0 aliphatic heterocycles. The van der Waals surface area contributed by atoms with Crippen LogP contribution in [0.25, 0.3) is 0 Å². The summed E-state index contributed by atoms with van der Waals surface area (Å²) in [6.07, 6.45) is 0. The van der Waals surface area contributed by atoms with Gasteiger partial charge in [0.1, 0.15) is 11.5 Å². The fourth-order valence-corrected chi connectivity index (χ4v) is 1.43. The third kappa shape index (κ3) is 2.39. The molecule has 0 aliphatic carbocycles. The Morgan fingerprint density at radius 1 is 1.56 bits per heavy atom. The first-order valence-electron chi connectivity index (χ1n) is 5.01. The van der Waals surface area contributed by atoms with Crippen molar-refractivity contribution >= 4 is 11.4 Å². The highest BCUT2D eigenvalue weighted by atomic mass is 19.1. The third-order valence-electron chi connectivity index (χ3n) is 2.28. The molecule has 2 aromatic rings. The Morgan fingerprint density at radius 3 is 2.94 bits per heavy atom. The van der Waals surface area contributed by atoms with Crippen molar-refractivity contribution in [2.24, 2.45) is 0 Å². The van der Waals surface area contributed by atoms with Gasteiger partial charge in [0.25, 0.3) is 5.69 Å². The van der Waals surface area contributed by atoms with E-state index in [4.69, 9.17) is 0 Å². The van der Waals surface area contributed by atoms with E-state index in [1.54, 1.807) is 6.92 Å². The highest BCUT2D eigenvalue weighted by molar-refractivity contribution is 5.61. The van der Waals surface area contributed by atoms with E-state index >= 15 is 0 Å². The summed E-state index contributed by atoms with van der Waals surface area (Å²) in [5, 5.41) is 26.7. The van der Waals surface area contributed by atoms with Crippen LogP contribution in [-0.4, -0.2) is 25.5 Å². The summed E-state index contributed by atoms with van der Waals surface area (Å²) in [7, 11) is 0. The van der Waals surface area contributed by atoms with Crippen LogP contribution < -0.4 is 5.32 Å². The van der Waals surface area contributed by atoms with E-state index in [1.165, 1.54) is 0 Å². The zero-order valence-electron chi connectivity index (χ0n) is 9.29. The summed E-state index contributed by atoms with van der Waals surface area (Å²) in [5.41, 5.74) is -0.149. The molecule has 8 nitrogen and oxygen atoms in total. The molecule has 2 N–H and O–H groups in total. The molecule has 1 aromatic heterocycles. The number of nitro benzene ring substituents is 1. The number of aromatic amines is 1. The molecule has 1 aromatic carbocycles. The first-order chi connectivity index (χ1) is 8.58. The number of aromatic nitrogens is 4. The number of rotatable bonds is 4. The minimum absolute atomic E-state index is 0.0669. The van der Waals surface area contributed by atoms with Crippen LogP contribution in [0.3, 0.4) is 0 Å². The number of hydrogen-bond acceptors (Lipinski definition) is 6. The number of nitrogens with one attached hydrogen (secondary N) is 2. The van der Waals surface area contributed by atoms with Crippen LogP contribution in [0.5, 0.6) is 0 Å². The Balaban J connectivity index is 2.28. The van der Waals surface area contributed by atoms with Gasteiger partial charge in [-0.25, -0.2) is 4.39 Å². The van der Waals surface area contributed by atoms with E-state index in [0.29, 0.717) is 5.82 Å². The van der Waals surface area contributed by atoms with Gasteiger partial charge in [0.05, 0.1) is 11.0 Å². The van der Waals surface area contributed by atoms with Crippen molar-refractivity contribution in [1.82, 2.24) is 20.6 Å². The summed E-state index contributed by atoms with van der Waals surface area (Å²) in [6, 6.07) is 2.74. The van der Waals surface area contributed by atoms with E-state index in [9.17, 15) is 14.5 Å². The van der Waals surface area contributed by atoms with E-state index < -0.39 is 16.8 Å². The Hall–Kier alpha value is -2.58. The summed E-state index contributed by atoms with van der Waals surface area (Å²) >= 11 is 0. The van der Waals surface area contributed by atoms with Crippen molar-refractivity contribution in [3.05, 3.63) is 40.0 Å². The molecule has 0 amide bonds. The van der Waals surface area contributed by atoms with Gasteiger partial charge in [0.2, 0.25) is 0 Å². The molecular formula is C9H9FN6O2. The number of anilines is 1. The van der Waals surface area contributed by atoms with Crippen LogP contribution >= 0.6 is 0 Å². The second-order valence-electron chi connectivity index (χ2n) is 3.55. The van der Waals surface area contributed by atoms with Crippen LogP contribution in [0.1, 0.15) is 18.8 Å². The second-order valence-corrected chi connectivity index (χ2v) is 3.55. The highest BCUT2D eigenvalue weighted by Gasteiger charge is 2.18. The smallest absolute Gasteiger partial charge is 0.292 e. The summed E-state index contributed by atoms with van der Waals surface area (Å²) < 4.78 is 13.1. The molecule has 1 atom stereocenters. The Kier molecular flexibility index (Phi) is 3.13. The molecule has 0 saturated carbocycles. The Bertz CT molecular complexity index is 558. The summed E-state index contributed by atoms with van der Waals surface area (Å²) in [4.78, 5) is 10.2. The Labute approximate surface area is 100 Å². The molecule has 18 heavy (non-hydrogen) atoms. The first kappa shape index (κ1) is 11.9. The average Bonchev–Trinajstić information content (AvgIpc) is 2.81. The van der Waals surface area contributed by atoms with Gasteiger partial charge in [-0.15, -0.1) is 10.2 Å². The van der Waals surface area contributed by atoms with Gasteiger partial charge >= 0.3 is 0 Å². The fourth-order valence-electron chi connectivity index (χ4n) is 1.43. The summed E-state index contributed by atoms with van der Waals surface area (Å²) in [5.74, 6) is -0.239. The molecule has 0 fully saturated rings. The van der Waals surface area contributed by atoms with E-state index in [-0.39, 0.29) is 11.4 Å². The van der Waals surface area contributed by atoms with Crippen LogP contribution in [0.4, 0.5) is 15.8 Å². The largest absolute Gasteiger partial charge is 0.370 e. The van der Waals surface area contributed by atoms with Gasteiger partial charge in [-0.05, 0) is 13.0 Å². The number of nitrogens with zero attached hydrogens (tertiary/aromatic N) is 4. The second kappa shape index (κ2) is 4.73. The van der Waals surface area contributed by atoms with Crippen molar-refractivity contribution < 1.29 is 9.31 Å². The molecule has 1 unspecified atom stereocenters. The van der Waals surface area contributed by atoms with Crippen molar-refractivity contribution in [3.8, 4) is 0 Å². The van der Waals surface area contributed by atoms with Crippen LogP contribution in [0, 0.1) is 15.9 Å². The predicted molar refractivity (Wildman–Crippen MR) is 59.3 cm³/mol. The Morgan fingerprint density at radius 2 is 2.33 bits per heavy atom. The molecule has 0 bridgehead atoms. The molecule has 1 heterocycles. The number of H-pyrrole nitrogens is 1. The molecule has 94 valence electrons. The van der Waals surface area contributed by atoms with Crippen molar-refractivity contribution in [2.45, 2.75) is 13.0 Å². The highest BCUT2D eigenvalue weighted by Crippen LogP contribution is 2.27. The minimum atomic E-state index is -0.593. The van der Waals surface area contributed by atoms with Crippen molar-refractivity contribution in [3.63, 3.8) is 0 Å². The lowest BCUT2D eigenvalue weighted by Gasteiger charge is -2.11. The monoisotopic (exact) mass is 252 g/mol. The molecular weight excluding hydrogens is 243 g/mol. The average molecular weight is 252 g/mol. The van der Waals surface area contributed by atoms with E-state index in [2.05, 4.69) is 25.9 Å². The lowest BCUT2D eigenvalue weighted by atomic mass is 10.2. The van der Waals surface area contributed by atoms with Gasteiger partial charge in [-0.3, -0.25) is 10.1 Å². The van der Waals surface area contributed by atoms with Crippen LogP contribution in [0.15, 0.2) is 18.2 Å². The van der Waals surface area contributed by atoms with E-state index in [0.717, 1.165) is 18.2 Å².